The van der Waals surface area contributed by atoms with E-state index in [9.17, 15) is 19.2 Å². The molecule has 154 valence electrons. The first-order chi connectivity index (χ1) is 14.0. The molecule has 0 saturated carbocycles. The van der Waals surface area contributed by atoms with Crippen LogP contribution in [0.25, 0.3) is 10.8 Å². The van der Waals surface area contributed by atoms with Crippen LogP contribution in [0.2, 0.25) is 0 Å². The summed E-state index contributed by atoms with van der Waals surface area (Å²) in [6, 6.07) is 9.28. The highest BCUT2D eigenvalue weighted by Crippen LogP contribution is 2.26. The van der Waals surface area contributed by atoms with E-state index < -0.39 is 23.9 Å². The number of hydrogen-bond acceptors (Lipinski definition) is 6. The van der Waals surface area contributed by atoms with Crippen LogP contribution in [0.1, 0.15) is 37.0 Å². The number of esters is 2. The average molecular weight is 400 g/mol. The molecule has 0 unspecified atom stereocenters. The fourth-order valence-corrected chi connectivity index (χ4v) is 2.91. The Labute approximate surface area is 168 Å². The van der Waals surface area contributed by atoms with E-state index in [2.05, 4.69) is 10.6 Å². The van der Waals surface area contributed by atoms with Gasteiger partial charge in [0.25, 0.3) is 5.91 Å². The predicted octanol–water partition coefficient (Wildman–Crippen LogP) is 2.41. The Morgan fingerprint density at radius 3 is 2.34 bits per heavy atom. The third-order valence-corrected chi connectivity index (χ3v) is 4.20. The molecule has 2 aromatic carbocycles. The van der Waals surface area contributed by atoms with Crippen molar-refractivity contribution in [1.29, 1.82) is 0 Å². The largest absolute Gasteiger partial charge is 0.466 e. The topological polar surface area (TPSA) is 111 Å². The summed E-state index contributed by atoms with van der Waals surface area (Å²) in [5, 5.41) is 6.55. The summed E-state index contributed by atoms with van der Waals surface area (Å²) < 4.78 is 9.89. The van der Waals surface area contributed by atoms with E-state index in [1.807, 2.05) is 0 Å². The minimum atomic E-state index is -0.988. The standard InChI is InChI=1S/C21H24N2O6/c1-3-28-19(25)12-11-18(21(27)29-4-2)23-20(26)16-9-10-17(22-13-24)15-8-6-5-7-14(15)16/h5-10,13,18H,3-4,11-12H2,1-2H3,(H,22,24)(H,23,26)/t18-/m0/s1. The number of fused-ring (bicyclic) bond motifs is 1. The van der Waals surface area contributed by atoms with Crippen molar-refractivity contribution < 1.29 is 28.7 Å². The van der Waals surface area contributed by atoms with Crippen molar-refractivity contribution in [2.45, 2.75) is 32.7 Å². The first kappa shape index (κ1) is 21.9. The average Bonchev–Trinajstić information content (AvgIpc) is 2.71. The van der Waals surface area contributed by atoms with Gasteiger partial charge in [-0.3, -0.25) is 14.4 Å². The highest BCUT2D eigenvalue weighted by Gasteiger charge is 2.25. The lowest BCUT2D eigenvalue weighted by Crippen LogP contribution is -2.42. The molecular formula is C21H24N2O6. The normalized spacial score (nSPS) is 11.4. The Kier molecular flexibility index (Phi) is 8.14. The number of nitrogens with one attached hydrogen (secondary N) is 2. The van der Waals surface area contributed by atoms with Crippen LogP contribution in [0.3, 0.4) is 0 Å². The Bertz CT molecular complexity index is 896. The first-order valence-corrected chi connectivity index (χ1v) is 9.36. The second-order valence-corrected chi connectivity index (χ2v) is 6.09. The van der Waals surface area contributed by atoms with Crippen molar-refractivity contribution in [3.63, 3.8) is 0 Å². The molecule has 8 nitrogen and oxygen atoms in total. The number of carbonyl (C=O) groups is 4. The van der Waals surface area contributed by atoms with Crippen LogP contribution in [0, 0.1) is 0 Å². The lowest BCUT2D eigenvalue weighted by atomic mass is 10.0. The van der Waals surface area contributed by atoms with Gasteiger partial charge in [-0.1, -0.05) is 24.3 Å². The van der Waals surface area contributed by atoms with Crippen LogP contribution >= 0.6 is 0 Å². The Balaban J connectivity index is 2.26. The molecule has 0 aromatic heterocycles. The second-order valence-electron chi connectivity index (χ2n) is 6.09. The van der Waals surface area contributed by atoms with Gasteiger partial charge in [-0.25, -0.2) is 4.79 Å². The van der Waals surface area contributed by atoms with Crippen molar-refractivity contribution >= 4 is 40.7 Å². The summed E-state index contributed by atoms with van der Waals surface area (Å²) in [6.07, 6.45) is 0.598. The molecule has 0 bridgehead atoms. The monoisotopic (exact) mass is 400 g/mol. The molecule has 2 aromatic rings. The number of anilines is 1. The minimum Gasteiger partial charge on any atom is -0.466 e. The number of carbonyl (C=O) groups excluding carboxylic acids is 4. The molecular weight excluding hydrogens is 376 g/mol. The van der Waals surface area contributed by atoms with Crippen LogP contribution in [0.4, 0.5) is 5.69 Å². The SMILES string of the molecule is CCOC(=O)CC[C@H](NC(=O)c1ccc(NC=O)c2ccccc12)C(=O)OCC. The van der Waals surface area contributed by atoms with Gasteiger partial charge in [0.1, 0.15) is 6.04 Å². The van der Waals surface area contributed by atoms with E-state index in [-0.39, 0.29) is 26.1 Å². The summed E-state index contributed by atoms with van der Waals surface area (Å²) >= 11 is 0. The molecule has 2 rings (SSSR count). The van der Waals surface area contributed by atoms with Crippen LogP contribution in [-0.4, -0.2) is 43.5 Å². The van der Waals surface area contributed by atoms with Crippen LogP contribution in [-0.2, 0) is 23.9 Å². The van der Waals surface area contributed by atoms with E-state index >= 15 is 0 Å². The molecule has 8 heteroatoms. The molecule has 0 radical (unpaired) electrons. The van der Waals surface area contributed by atoms with E-state index in [1.54, 1.807) is 50.2 Å². The van der Waals surface area contributed by atoms with Gasteiger partial charge in [-0.05, 0) is 37.8 Å². The summed E-state index contributed by atoms with van der Waals surface area (Å²) in [5.41, 5.74) is 0.902. The predicted molar refractivity (Wildman–Crippen MR) is 107 cm³/mol. The lowest BCUT2D eigenvalue weighted by molar-refractivity contribution is -0.146. The molecule has 0 aliphatic carbocycles. The Morgan fingerprint density at radius 1 is 1.00 bits per heavy atom. The van der Waals surface area contributed by atoms with Crippen LogP contribution < -0.4 is 10.6 Å². The Hall–Kier alpha value is -3.42. The van der Waals surface area contributed by atoms with E-state index in [0.717, 1.165) is 0 Å². The molecule has 0 spiro atoms. The number of rotatable bonds is 10. The van der Waals surface area contributed by atoms with Gasteiger partial charge in [0.2, 0.25) is 6.41 Å². The maximum Gasteiger partial charge on any atom is 0.328 e. The zero-order valence-corrected chi connectivity index (χ0v) is 16.4. The number of benzene rings is 2. The highest BCUT2D eigenvalue weighted by molar-refractivity contribution is 6.11. The highest BCUT2D eigenvalue weighted by atomic mass is 16.5. The molecule has 29 heavy (non-hydrogen) atoms. The summed E-state index contributed by atoms with van der Waals surface area (Å²) in [5.74, 6) is -1.56. The molecule has 0 aliphatic rings. The number of amides is 2. The van der Waals surface area contributed by atoms with Gasteiger partial charge in [0, 0.05) is 23.1 Å². The van der Waals surface area contributed by atoms with Crippen LogP contribution in [0.15, 0.2) is 36.4 Å². The van der Waals surface area contributed by atoms with Gasteiger partial charge < -0.3 is 20.1 Å². The van der Waals surface area contributed by atoms with Crippen molar-refractivity contribution in [2.75, 3.05) is 18.5 Å². The van der Waals surface area contributed by atoms with E-state index in [4.69, 9.17) is 9.47 Å². The van der Waals surface area contributed by atoms with Crippen molar-refractivity contribution in [1.82, 2.24) is 5.32 Å². The summed E-state index contributed by atoms with van der Waals surface area (Å²) in [4.78, 5) is 47.6. The minimum absolute atomic E-state index is 0.0272. The molecule has 2 amide bonds. The zero-order valence-electron chi connectivity index (χ0n) is 16.4. The maximum atomic E-state index is 12.9. The summed E-state index contributed by atoms with van der Waals surface area (Å²) in [7, 11) is 0. The van der Waals surface area contributed by atoms with E-state index in [1.165, 1.54) is 0 Å². The number of hydrogen-bond donors (Lipinski definition) is 2. The third-order valence-electron chi connectivity index (χ3n) is 4.20. The fraction of sp³-hybridized carbons (Fsp3) is 0.333. The molecule has 0 heterocycles. The van der Waals surface area contributed by atoms with E-state index in [0.29, 0.717) is 28.4 Å². The van der Waals surface area contributed by atoms with Crippen LogP contribution in [0.5, 0.6) is 0 Å². The van der Waals surface area contributed by atoms with Crippen molar-refractivity contribution in [3.05, 3.63) is 42.0 Å². The molecule has 2 N–H and O–H groups in total. The van der Waals surface area contributed by atoms with Crippen molar-refractivity contribution in [2.24, 2.45) is 0 Å². The zero-order chi connectivity index (χ0) is 21.2. The second kappa shape index (κ2) is 10.8. The smallest absolute Gasteiger partial charge is 0.328 e. The van der Waals surface area contributed by atoms with Gasteiger partial charge in [-0.15, -0.1) is 0 Å². The van der Waals surface area contributed by atoms with Gasteiger partial charge in [0.05, 0.1) is 13.2 Å². The molecule has 1 atom stereocenters. The maximum absolute atomic E-state index is 12.9. The van der Waals surface area contributed by atoms with Gasteiger partial charge in [-0.2, -0.15) is 0 Å². The molecule has 0 fully saturated rings. The Morgan fingerprint density at radius 2 is 1.69 bits per heavy atom. The third kappa shape index (κ3) is 5.78. The quantitative estimate of drug-likeness (QED) is 0.468. The summed E-state index contributed by atoms with van der Waals surface area (Å²) in [6.45, 7) is 3.74. The fourth-order valence-electron chi connectivity index (χ4n) is 2.91. The van der Waals surface area contributed by atoms with Gasteiger partial charge in [0.15, 0.2) is 0 Å². The van der Waals surface area contributed by atoms with Gasteiger partial charge >= 0.3 is 11.9 Å². The lowest BCUT2D eigenvalue weighted by Gasteiger charge is -2.18. The molecule has 0 aliphatic heterocycles. The first-order valence-electron chi connectivity index (χ1n) is 9.36. The number of ether oxygens (including phenoxy) is 2. The molecule has 0 saturated heterocycles. The van der Waals surface area contributed by atoms with Crippen molar-refractivity contribution in [3.8, 4) is 0 Å².